The first-order valence-electron chi connectivity index (χ1n) is 39.3. The predicted octanol–water partition coefficient (Wildman–Crippen LogP) is 23.1. The van der Waals surface area contributed by atoms with Crippen LogP contribution >= 0.6 is 15.6 Å². The number of hydrogen-bond acceptors (Lipinski definition) is 15. The van der Waals surface area contributed by atoms with Crippen LogP contribution in [0.25, 0.3) is 0 Å². The van der Waals surface area contributed by atoms with Crippen molar-refractivity contribution in [2.45, 2.75) is 277 Å². The summed E-state index contributed by atoms with van der Waals surface area (Å²) < 4.78 is 68.4. The van der Waals surface area contributed by atoms with Gasteiger partial charge in [0, 0.05) is 25.7 Å². The lowest BCUT2D eigenvalue weighted by atomic mass is 10.1. The van der Waals surface area contributed by atoms with E-state index in [-0.39, 0.29) is 25.7 Å². The molecule has 19 heteroatoms. The standard InChI is InChI=1S/C87H136O17P2/c1-5-9-13-17-21-25-29-33-37-39-40-42-46-48-52-56-60-64-68-72-85(90)98-78-83(104-87(92)74-70-66-62-58-54-50-44-36-32-28-24-20-16-12-8-4)80-102-106(95,96)100-76-81(88)75-99-105(93,94)101-79-82(103-86(91)73-69-65-61-57-53-49-43-35-31-27-23-19-15-11-7-3)77-97-84(89)71-67-63-59-55-51-47-45-41-38-34-30-26-22-18-14-10-6-2/h9-16,21-28,33-38,40,42-45,47-48,52-53,57,60,64,81-83,88H,5-8,17-20,29-32,39,41,46,49-51,54-56,58-59,61-63,65-80H2,1-4H3,(H,93,94)(H,95,96)/b13-9-,14-10-,15-11-,16-12-,25-21-,26-22-,27-23-,28-24-,37-33-,38-34-,42-40-,43-35-,44-36-,47-45-,52-48-,57-53-,64-60-. The highest BCUT2D eigenvalue weighted by molar-refractivity contribution is 7.47. The molecule has 0 aliphatic rings. The summed E-state index contributed by atoms with van der Waals surface area (Å²) in [6.07, 6.45) is 95.4. The van der Waals surface area contributed by atoms with E-state index in [4.69, 9.17) is 37.0 Å². The average molecular weight is 1520 g/mol. The molecule has 0 spiro atoms. The Morgan fingerprint density at radius 2 is 0.481 bits per heavy atom. The van der Waals surface area contributed by atoms with Gasteiger partial charge in [0.1, 0.15) is 19.3 Å². The number of rotatable bonds is 71. The number of phosphoric acid groups is 2. The van der Waals surface area contributed by atoms with Crippen molar-refractivity contribution in [3.05, 3.63) is 207 Å². The molecule has 0 aliphatic heterocycles. The molecule has 0 aliphatic carbocycles. The number of phosphoric ester groups is 2. The van der Waals surface area contributed by atoms with E-state index in [0.717, 1.165) is 167 Å². The largest absolute Gasteiger partial charge is 0.472 e. The van der Waals surface area contributed by atoms with E-state index in [2.05, 4.69) is 216 Å². The highest BCUT2D eigenvalue weighted by Gasteiger charge is 2.30. The maximum Gasteiger partial charge on any atom is 0.472 e. The summed E-state index contributed by atoms with van der Waals surface area (Å²) in [6.45, 7) is 4.19. The normalized spacial score (nSPS) is 15.0. The van der Waals surface area contributed by atoms with Crippen molar-refractivity contribution in [3.63, 3.8) is 0 Å². The molecule has 0 aromatic rings. The molecule has 0 bridgehead atoms. The van der Waals surface area contributed by atoms with Crippen LogP contribution in [-0.2, 0) is 65.4 Å². The summed E-state index contributed by atoms with van der Waals surface area (Å²) >= 11 is 0. The molecule has 0 amide bonds. The van der Waals surface area contributed by atoms with Gasteiger partial charge in [0.15, 0.2) is 12.2 Å². The Morgan fingerprint density at radius 1 is 0.264 bits per heavy atom. The second-order valence-corrected chi connectivity index (χ2v) is 28.0. The van der Waals surface area contributed by atoms with Crippen LogP contribution in [0.5, 0.6) is 0 Å². The highest BCUT2D eigenvalue weighted by atomic mass is 31.2. The van der Waals surface area contributed by atoms with Crippen molar-refractivity contribution in [1.82, 2.24) is 0 Å². The molecule has 0 saturated heterocycles. The molecule has 0 radical (unpaired) electrons. The third-order valence-electron chi connectivity index (χ3n) is 15.2. The van der Waals surface area contributed by atoms with Crippen molar-refractivity contribution in [2.24, 2.45) is 0 Å². The molecule has 0 saturated carbocycles. The monoisotopic (exact) mass is 1510 g/mol. The van der Waals surface area contributed by atoms with Crippen molar-refractivity contribution < 1.29 is 80.2 Å². The van der Waals surface area contributed by atoms with Crippen LogP contribution < -0.4 is 0 Å². The van der Waals surface area contributed by atoms with E-state index in [9.17, 15) is 43.2 Å². The molecule has 3 N–H and O–H groups in total. The van der Waals surface area contributed by atoms with Gasteiger partial charge >= 0.3 is 39.5 Å². The van der Waals surface area contributed by atoms with Crippen molar-refractivity contribution in [3.8, 4) is 0 Å². The molecular weight excluding hydrogens is 1380 g/mol. The van der Waals surface area contributed by atoms with Crippen LogP contribution in [0.1, 0.15) is 259 Å². The maximum atomic E-state index is 13.1. The molecule has 596 valence electrons. The SMILES string of the molecule is CC/C=C\C/C=C\C/C=C\C/C=C\C/C=C\C/C=C\CCC(=O)OCC(COP(=O)(O)OCC(O)COP(=O)(O)OCC(COC(=O)CCCCCC/C=C\C/C=C\C/C=C\C/C=C\CC)OC(=O)CCCC/C=C\C/C=C\C/C=C\C/C=C\CC)OC(=O)CCCCCCC/C=C\C/C=C\C/C=C\CC. The first kappa shape index (κ1) is 99.6. The lowest BCUT2D eigenvalue weighted by Gasteiger charge is -2.21. The molecule has 0 heterocycles. The van der Waals surface area contributed by atoms with E-state index < -0.39 is 97.5 Å². The summed E-state index contributed by atoms with van der Waals surface area (Å²) in [6, 6.07) is 0. The second kappa shape index (κ2) is 76.8. The van der Waals surface area contributed by atoms with Gasteiger partial charge in [-0.25, -0.2) is 9.13 Å². The summed E-state index contributed by atoms with van der Waals surface area (Å²) in [7, 11) is -10.0. The van der Waals surface area contributed by atoms with E-state index >= 15 is 0 Å². The summed E-state index contributed by atoms with van der Waals surface area (Å²) in [5.41, 5.74) is 0. The minimum Gasteiger partial charge on any atom is -0.462 e. The first-order valence-corrected chi connectivity index (χ1v) is 42.3. The number of esters is 4. The molecule has 0 fully saturated rings. The van der Waals surface area contributed by atoms with Crippen molar-refractivity contribution in [1.29, 1.82) is 0 Å². The molecule has 0 aromatic carbocycles. The summed E-state index contributed by atoms with van der Waals surface area (Å²) in [5.74, 6) is -2.39. The lowest BCUT2D eigenvalue weighted by Crippen LogP contribution is -2.30. The van der Waals surface area contributed by atoms with Gasteiger partial charge in [0.25, 0.3) is 0 Å². The Bertz CT molecular complexity index is 2830. The van der Waals surface area contributed by atoms with Gasteiger partial charge in [-0.05, 0) is 173 Å². The quantitative estimate of drug-likeness (QED) is 0.0169. The van der Waals surface area contributed by atoms with Gasteiger partial charge in [-0.3, -0.25) is 37.3 Å². The molecule has 5 atom stereocenters. The predicted molar refractivity (Wildman–Crippen MR) is 435 cm³/mol. The van der Waals surface area contributed by atoms with Crippen molar-refractivity contribution >= 4 is 39.5 Å². The number of carbonyl (C=O) groups excluding carboxylic acids is 4. The lowest BCUT2D eigenvalue weighted by molar-refractivity contribution is -0.161. The minimum absolute atomic E-state index is 0.0223. The average Bonchev–Trinajstić information content (AvgIpc) is 0.909. The maximum absolute atomic E-state index is 13.1. The molecular formula is C87H136O17P2. The fraction of sp³-hybridized carbons (Fsp3) is 0.563. The van der Waals surface area contributed by atoms with Crippen LogP contribution in [-0.4, -0.2) is 96.7 Å². The molecule has 0 aromatic heterocycles. The molecule has 17 nitrogen and oxygen atoms in total. The zero-order valence-corrected chi connectivity index (χ0v) is 66.8. The van der Waals surface area contributed by atoms with Crippen molar-refractivity contribution in [2.75, 3.05) is 39.6 Å². The van der Waals surface area contributed by atoms with Crippen LogP contribution in [0.2, 0.25) is 0 Å². The van der Waals surface area contributed by atoms with Gasteiger partial charge in [-0.2, -0.15) is 0 Å². The Kier molecular flexibility index (Phi) is 72.2. The fourth-order valence-electron chi connectivity index (χ4n) is 9.42. The van der Waals surface area contributed by atoms with Gasteiger partial charge in [-0.1, -0.05) is 266 Å². The first-order chi connectivity index (χ1) is 51.7. The van der Waals surface area contributed by atoms with Gasteiger partial charge < -0.3 is 33.8 Å². The zero-order valence-electron chi connectivity index (χ0n) is 65.0. The second-order valence-electron chi connectivity index (χ2n) is 25.1. The zero-order chi connectivity index (χ0) is 77.4. The van der Waals surface area contributed by atoms with E-state index in [0.29, 0.717) is 38.5 Å². The number of ether oxygens (including phenoxy) is 4. The Hall–Kier alpha value is -6.36. The molecule has 0 rings (SSSR count). The fourth-order valence-corrected chi connectivity index (χ4v) is 11.0. The van der Waals surface area contributed by atoms with E-state index in [1.165, 1.54) is 0 Å². The van der Waals surface area contributed by atoms with Crippen LogP contribution in [0.4, 0.5) is 0 Å². The number of aliphatic hydroxyl groups excluding tert-OH is 1. The Labute approximate surface area is 639 Å². The highest BCUT2D eigenvalue weighted by Crippen LogP contribution is 2.45. The van der Waals surface area contributed by atoms with Gasteiger partial charge in [0.2, 0.25) is 0 Å². The third-order valence-corrected chi connectivity index (χ3v) is 17.1. The van der Waals surface area contributed by atoms with Crippen LogP contribution in [0, 0.1) is 0 Å². The number of allylic oxidation sites excluding steroid dienone is 34. The topological polar surface area (TPSA) is 237 Å². The van der Waals surface area contributed by atoms with Crippen LogP contribution in [0.15, 0.2) is 207 Å². The summed E-state index contributed by atoms with van der Waals surface area (Å²) in [5, 5.41) is 10.6. The molecule has 5 unspecified atom stereocenters. The molecule has 106 heavy (non-hydrogen) atoms. The van der Waals surface area contributed by atoms with E-state index in [1.54, 1.807) is 0 Å². The van der Waals surface area contributed by atoms with Gasteiger partial charge in [0.05, 0.1) is 26.4 Å². The number of carbonyl (C=O) groups is 4. The van der Waals surface area contributed by atoms with Gasteiger partial charge in [-0.15, -0.1) is 0 Å². The third kappa shape index (κ3) is 75.9. The number of unbranched alkanes of at least 4 members (excludes halogenated alkanes) is 11. The smallest absolute Gasteiger partial charge is 0.462 e. The Balaban J connectivity index is 5.53. The van der Waals surface area contributed by atoms with E-state index in [1.807, 2.05) is 18.2 Å². The van der Waals surface area contributed by atoms with Crippen LogP contribution in [0.3, 0.4) is 0 Å². The number of aliphatic hydroxyl groups is 1. The summed E-state index contributed by atoms with van der Waals surface area (Å²) in [4.78, 5) is 73.0. The Morgan fingerprint density at radius 3 is 0.783 bits per heavy atom. The number of hydrogen-bond donors (Lipinski definition) is 3. The minimum atomic E-state index is -5.02.